The molecule has 2 N–H and O–H groups in total. The number of para-hydroxylation sites is 1. The van der Waals surface area contributed by atoms with Gasteiger partial charge in [-0.05, 0) is 42.9 Å². The van der Waals surface area contributed by atoms with E-state index >= 15 is 0 Å². The quantitative estimate of drug-likeness (QED) is 0.611. The zero-order valence-corrected chi connectivity index (χ0v) is 16.3. The second-order valence-corrected chi connectivity index (χ2v) is 8.33. The highest BCUT2D eigenvalue weighted by Gasteiger charge is 2.11. The minimum absolute atomic E-state index is 0.198. The third kappa shape index (κ3) is 4.40. The van der Waals surface area contributed by atoms with Crippen LogP contribution in [0.4, 0.5) is 23.1 Å². The fraction of sp³-hybridized carbons (Fsp3) is 0.167. The van der Waals surface area contributed by atoms with Crippen LogP contribution < -0.4 is 20.7 Å². The number of hydrogen-bond acceptors (Lipinski definition) is 6. The van der Waals surface area contributed by atoms with Crippen LogP contribution in [0.2, 0.25) is 5.15 Å². The Labute approximate surface area is 158 Å². The van der Waals surface area contributed by atoms with Crippen molar-refractivity contribution in [2.24, 2.45) is 0 Å². The van der Waals surface area contributed by atoms with Crippen LogP contribution in [0.15, 0.2) is 48.5 Å². The summed E-state index contributed by atoms with van der Waals surface area (Å²) in [5.41, 5.74) is 1.63. The summed E-state index contributed by atoms with van der Waals surface area (Å²) in [7, 11) is 1.43. The van der Waals surface area contributed by atoms with Crippen molar-refractivity contribution >= 4 is 48.0 Å². The molecule has 8 heteroatoms. The molecule has 0 aliphatic heterocycles. The summed E-state index contributed by atoms with van der Waals surface area (Å²) in [6.07, 6.45) is 0. The number of nitrogens with zero attached hydrogens (tertiary/aromatic N) is 3. The van der Waals surface area contributed by atoms with Gasteiger partial charge < -0.3 is 15.4 Å². The van der Waals surface area contributed by atoms with Gasteiger partial charge in [0.2, 0.25) is 5.95 Å². The molecule has 3 aromatic rings. The molecular weight excluding hydrogens is 369 g/mol. The van der Waals surface area contributed by atoms with E-state index in [0.717, 1.165) is 17.1 Å². The number of aromatic nitrogens is 3. The van der Waals surface area contributed by atoms with Gasteiger partial charge in [-0.15, -0.1) is 10.2 Å². The molecule has 0 atom stereocenters. The van der Waals surface area contributed by atoms with Crippen molar-refractivity contribution in [1.29, 1.82) is 0 Å². The van der Waals surface area contributed by atoms with Gasteiger partial charge >= 0.3 is 0 Å². The maximum atomic E-state index is 6.11. The third-order valence-corrected chi connectivity index (χ3v) is 5.20. The lowest BCUT2D eigenvalue weighted by atomic mass is 10.3. The number of hydrogen-bond donors (Lipinski definition) is 2. The molecule has 0 saturated heterocycles. The van der Waals surface area contributed by atoms with E-state index in [1.165, 1.54) is 5.30 Å². The van der Waals surface area contributed by atoms with E-state index in [0.29, 0.717) is 11.8 Å². The van der Waals surface area contributed by atoms with Crippen LogP contribution in [0.3, 0.4) is 0 Å². The van der Waals surface area contributed by atoms with Gasteiger partial charge in [0, 0.05) is 5.69 Å². The second kappa shape index (κ2) is 8.30. The maximum Gasteiger partial charge on any atom is 0.249 e. The molecule has 1 heterocycles. The SMILES string of the molecule is COc1cc(P(C)C)ccc1Nc1nnc(Cl)c(Nc2ccccc2)n1. The molecule has 0 spiro atoms. The lowest BCUT2D eigenvalue weighted by molar-refractivity contribution is 0.417. The van der Waals surface area contributed by atoms with E-state index in [9.17, 15) is 0 Å². The van der Waals surface area contributed by atoms with Gasteiger partial charge in [-0.3, -0.25) is 0 Å². The molecule has 26 heavy (non-hydrogen) atoms. The first kappa shape index (κ1) is 18.4. The predicted octanol–water partition coefficient (Wildman–Crippen LogP) is 4.39. The first-order valence-electron chi connectivity index (χ1n) is 7.91. The number of rotatable bonds is 6. The maximum absolute atomic E-state index is 6.11. The van der Waals surface area contributed by atoms with E-state index in [1.54, 1.807) is 7.11 Å². The standard InChI is InChI=1S/C18H19ClN5OP/c1-25-15-11-13(26(2)3)9-10-14(15)21-18-22-17(16(19)23-24-18)20-12-7-5-4-6-8-12/h4-11H,1-3H3,(H2,20,21,22,24). The Kier molecular flexibility index (Phi) is 5.86. The monoisotopic (exact) mass is 387 g/mol. The van der Waals surface area contributed by atoms with Crippen LogP contribution in [-0.4, -0.2) is 35.6 Å². The van der Waals surface area contributed by atoms with Crippen LogP contribution in [0, 0.1) is 0 Å². The molecule has 0 unspecified atom stereocenters. The van der Waals surface area contributed by atoms with Crippen molar-refractivity contribution in [3.8, 4) is 5.75 Å². The molecule has 0 fully saturated rings. The topological polar surface area (TPSA) is 72.0 Å². The largest absolute Gasteiger partial charge is 0.495 e. The summed E-state index contributed by atoms with van der Waals surface area (Å²) in [4.78, 5) is 4.42. The number of methoxy groups -OCH3 is 1. The van der Waals surface area contributed by atoms with Gasteiger partial charge in [0.15, 0.2) is 11.0 Å². The molecule has 6 nitrogen and oxygen atoms in total. The molecule has 1 aromatic heterocycles. The Morgan fingerprint density at radius 3 is 2.46 bits per heavy atom. The van der Waals surface area contributed by atoms with Gasteiger partial charge in [-0.2, -0.15) is 4.98 Å². The zero-order chi connectivity index (χ0) is 18.5. The van der Waals surface area contributed by atoms with Crippen molar-refractivity contribution in [1.82, 2.24) is 15.2 Å². The molecule has 0 aliphatic rings. The second-order valence-electron chi connectivity index (χ2n) is 5.67. The lowest BCUT2D eigenvalue weighted by Gasteiger charge is -2.14. The fourth-order valence-corrected chi connectivity index (χ4v) is 3.16. The van der Waals surface area contributed by atoms with E-state index < -0.39 is 0 Å². The summed E-state index contributed by atoms with van der Waals surface area (Å²) in [5.74, 6) is 1.49. The molecule has 0 amide bonds. The minimum atomic E-state index is -0.206. The average molecular weight is 388 g/mol. The Morgan fingerprint density at radius 1 is 1.00 bits per heavy atom. The Balaban J connectivity index is 1.85. The first-order valence-corrected chi connectivity index (χ1v) is 10.5. The number of anilines is 4. The van der Waals surface area contributed by atoms with Crippen LogP contribution >= 0.6 is 19.5 Å². The van der Waals surface area contributed by atoms with Crippen LogP contribution in [0.1, 0.15) is 0 Å². The lowest BCUT2D eigenvalue weighted by Crippen LogP contribution is -2.06. The Morgan fingerprint density at radius 2 is 1.77 bits per heavy atom. The van der Waals surface area contributed by atoms with E-state index in [1.807, 2.05) is 42.5 Å². The molecule has 2 aromatic carbocycles. The molecule has 3 rings (SSSR count). The van der Waals surface area contributed by atoms with Crippen LogP contribution in [0.25, 0.3) is 0 Å². The highest BCUT2D eigenvalue weighted by molar-refractivity contribution is 7.64. The fourth-order valence-electron chi connectivity index (χ4n) is 2.29. The van der Waals surface area contributed by atoms with Gasteiger partial charge in [-0.1, -0.05) is 43.8 Å². The van der Waals surface area contributed by atoms with Crippen molar-refractivity contribution < 1.29 is 4.74 Å². The minimum Gasteiger partial charge on any atom is -0.495 e. The first-order chi connectivity index (χ1) is 12.6. The highest BCUT2D eigenvalue weighted by Crippen LogP contribution is 2.31. The van der Waals surface area contributed by atoms with Crippen molar-refractivity contribution in [3.63, 3.8) is 0 Å². The Hall–Kier alpha value is -2.43. The number of nitrogens with one attached hydrogen (secondary N) is 2. The molecule has 134 valence electrons. The summed E-state index contributed by atoms with van der Waals surface area (Å²) < 4.78 is 5.49. The van der Waals surface area contributed by atoms with Crippen molar-refractivity contribution in [2.45, 2.75) is 0 Å². The zero-order valence-electron chi connectivity index (χ0n) is 14.7. The third-order valence-electron chi connectivity index (χ3n) is 3.63. The van der Waals surface area contributed by atoms with Gasteiger partial charge in [0.1, 0.15) is 5.75 Å². The van der Waals surface area contributed by atoms with Gasteiger partial charge in [0.25, 0.3) is 0 Å². The number of ether oxygens (including phenoxy) is 1. The van der Waals surface area contributed by atoms with Crippen LogP contribution in [0.5, 0.6) is 5.75 Å². The normalized spacial score (nSPS) is 10.7. The number of halogens is 1. The summed E-state index contributed by atoms with van der Waals surface area (Å²) in [6.45, 7) is 4.40. The summed E-state index contributed by atoms with van der Waals surface area (Å²) in [5, 5.41) is 15.7. The molecule has 0 bridgehead atoms. The molecular formula is C18H19ClN5OP. The van der Waals surface area contributed by atoms with E-state index in [4.69, 9.17) is 16.3 Å². The van der Waals surface area contributed by atoms with Gasteiger partial charge in [-0.25, -0.2) is 0 Å². The number of benzene rings is 2. The summed E-state index contributed by atoms with van der Waals surface area (Å²) >= 11 is 6.11. The van der Waals surface area contributed by atoms with Crippen molar-refractivity contribution in [2.75, 3.05) is 31.1 Å². The highest BCUT2D eigenvalue weighted by atomic mass is 35.5. The molecule has 0 radical (unpaired) electrons. The van der Waals surface area contributed by atoms with Crippen molar-refractivity contribution in [3.05, 3.63) is 53.7 Å². The molecule has 0 saturated carbocycles. The van der Waals surface area contributed by atoms with Crippen LogP contribution in [-0.2, 0) is 0 Å². The smallest absolute Gasteiger partial charge is 0.249 e. The predicted molar refractivity (Wildman–Crippen MR) is 109 cm³/mol. The van der Waals surface area contributed by atoms with E-state index in [2.05, 4.69) is 45.2 Å². The molecule has 0 aliphatic carbocycles. The average Bonchev–Trinajstić information content (AvgIpc) is 2.65. The van der Waals surface area contributed by atoms with Gasteiger partial charge in [0.05, 0.1) is 12.8 Å². The van der Waals surface area contributed by atoms with E-state index in [-0.39, 0.29) is 13.1 Å². The summed E-state index contributed by atoms with van der Waals surface area (Å²) in [6, 6.07) is 15.7. The Bertz CT molecular complexity index is 892.